The molecule has 0 spiro atoms. The van der Waals surface area contributed by atoms with E-state index in [1.54, 1.807) is 18.2 Å². The zero-order valence-electron chi connectivity index (χ0n) is 15.7. The van der Waals surface area contributed by atoms with Gasteiger partial charge in [0.1, 0.15) is 0 Å². The molecule has 0 amide bonds. The highest BCUT2D eigenvalue weighted by molar-refractivity contribution is 7.89. The molecule has 0 N–H and O–H groups in total. The lowest BCUT2D eigenvalue weighted by atomic mass is 9.91. The molecule has 2 aliphatic heterocycles. The number of benzene rings is 1. The molecule has 0 unspecified atom stereocenters. The van der Waals surface area contributed by atoms with E-state index in [1.165, 1.54) is 37.1 Å². The average molecular weight is 365 g/mol. The lowest BCUT2D eigenvalue weighted by Crippen LogP contribution is -2.42. The van der Waals surface area contributed by atoms with E-state index in [2.05, 4.69) is 29.2 Å². The summed E-state index contributed by atoms with van der Waals surface area (Å²) in [4.78, 5) is 2.53. The van der Waals surface area contributed by atoms with Gasteiger partial charge in [0.25, 0.3) is 0 Å². The second-order valence-electron chi connectivity index (χ2n) is 7.94. The zero-order valence-corrected chi connectivity index (χ0v) is 16.5. The van der Waals surface area contributed by atoms with Gasteiger partial charge in [-0.15, -0.1) is 0 Å². The van der Waals surface area contributed by atoms with Crippen LogP contribution in [0.25, 0.3) is 0 Å². The molecule has 3 rings (SSSR count). The van der Waals surface area contributed by atoms with Gasteiger partial charge in [0.15, 0.2) is 0 Å². The number of likely N-dealkylation sites (tertiary alicyclic amines) is 1. The largest absolute Gasteiger partial charge is 0.299 e. The Hall–Kier alpha value is -0.910. The smallest absolute Gasteiger partial charge is 0.216 e. The van der Waals surface area contributed by atoms with Crippen LogP contribution < -0.4 is 0 Å². The molecule has 2 saturated heterocycles. The highest BCUT2D eigenvalue weighted by Gasteiger charge is 2.30. The van der Waals surface area contributed by atoms with Crippen molar-refractivity contribution in [3.05, 3.63) is 35.4 Å². The molecule has 2 aliphatic rings. The molecule has 0 atom stereocenters. The Labute approximate surface area is 153 Å². The summed E-state index contributed by atoms with van der Waals surface area (Å²) in [6.45, 7) is 8.44. The SMILES string of the molecule is CC(C)S(=O)(=O)N1CCC(Cc2ccc(CN3CCCC3)cc2)CC1. The van der Waals surface area contributed by atoms with Crippen LogP contribution in [0.3, 0.4) is 0 Å². The minimum Gasteiger partial charge on any atom is -0.299 e. The lowest BCUT2D eigenvalue weighted by molar-refractivity contribution is 0.271. The van der Waals surface area contributed by atoms with Gasteiger partial charge >= 0.3 is 0 Å². The van der Waals surface area contributed by atoms with Crippen molar-refractivity contribution in [2.75, 3.05) is 26.2 Å². The number of hydrogen-bond donors (Lipinski definition) is 0. The Bertz CT molecular complexity index is 641. The summed E-state index contributed by atoms with van der Waals surface area (Å²) in [5.41, 5.74) is 2.79. The van der Waals surface area contributed by atoms with Gasteiger partial charge in [-0.05, 0) is 76.1 Å². The normalized spacial score (nSPS) is 21.2. The fourth-order valence-corrected chi connectivity index (χ4v) is 5.30. The van der Waals surface area contributed by atoms with Crippen LogP contribution in [0, 0.1) is 5.92 Å². The maximum atomic E-state index is 12.3. The molecular weight excluding hydrogens is 332 g/mol. The van der Waals surface area contributed by atoms with Crippen molar-refractivity contribution in [3.8, 4) is 0 Å². The van der Waals surface area contributed by atoms with E-state index in [9.17, 15) is 8.42 Å². The van der Waals surface area contributed by atoms with Crippen LogP contribution in [0.4, 0.5) is 0 Å². The molecule has 5 heteroatoms. The number of piperidine rings is 1. The molecule has 4 nitrogen and oxygen atoms in total. The van der Waals surface area contributed by atoms with Crippen molar-refractivity contribution in [1.82, 2.24) is 9.21 Å². The lowest BCUT2D eigenvalue weighted by Gasteiger charge is -2.32. The Morgan fingerprint density at radius 3 is 2.08 bits per heavy atom. The van der Waals surface area contributed by atoms with E-state index in [-0.39, 0.29) is 5.25 Å². The molecule has 2 heterocycles. The summed E-state index contributed by atoms with van der Waals surface area (Å²) in [5.74, 6) is 0.600. The van der Waals surface area contributed by atoms with E-state index in [0.29, 0.717) is 19.0 Å². The molecule has 0 bridgehead atoms. The third-order valence-electron chi connectivity index (χ3n) is 5.68. The van der Waals surface area contributed by atoms with Crippen LogP contribution in [0.1, 0.15) is 50.7 Å². The Kier molecular flexibility index (Phi) is 6.18. The number of sulfonamides is 1. The molecular formula is C20H32N2O2S. The first-order valence-corrected chi connectivity index (χ1v) is 11.2. The molecule has 25 heavy (non-hydrogen) atoms. The molecule has 2 fully saturated rings. The zero-order chi connectivity index (χ0) is 17.9. The van der Waals surface area contributed by atoms with Crippen LogP contribution in [-0.2, 0) is 23.0 Å². The monoisotopic (exact) mass is 364 g/mol. The third kappa shape index (κ3) is 4.83. The van der Waals surface area contributed by atoms with Crippen LogP contribution in [0.2, 0.25) is 0 Å². The minimum absolute atomic E-state index is 0.313. The van der Waals surface area contributed by atoms with Crippen molar-refractivity contribution in [1.29, 1.82) is 0 Å². The van der Waals surface area contributed by atoms with Crippen LogP contribution in [0.5, 0.6) is 0 Å². The second kappa shape index (κ2) is 8.19. The van der Waals surface area contributed by atoms with Gasteiger partial charge in [-0.2, -0.15) is 0 Å². The fraction of sp³-hybridized carbons (Fsp3) is 0.700. The van der Waals surface area contributed by atoms with E-state index in [0.717, 1.165) is 25.8 Å². The highest BCUT2D eigenvalue weighted by atomic mass is 32.2. The van der Waals surface area contributed by atoms with Crippen molar-refractivity contribution in [3.63, 3.8) is 0 Å². The fourth-order valence-electron chi connectivity index (χ4n) is 3.98. The average Bonchev–Trinajstić information content (AvgIpc) is 3.10. The Balaban J connectivity index is 1.49. The van der Waals surface area contributed by atoms with Crippen LogP contribution in [0.15, 0.2) is 24.3 Å². The second-order valence-corrected chi connectivity index (χ2v) is 10.4. The predicted molar refractivity (Wildman–Crippen MR) is 103 cm³/mol. The maximum Gasteiger partial charge on any atom is 0.216 e. The standard InChI is InChI=1S/C20H32N2O2S/c1-17(2)25(23,24)22-13-9-19(10-14-22)15-18-5-7-20(8-6-18)16-21-11-3-4-12-21/h5-8,17,19H,3-4,9-16H2,1-2H3. The first-order valence-electron chi connectivity index (χ1n) is 9.74. The first-order chi connectivity index (χ1) is 11.9. The van der Waals surface area contributed by atoms with E-state index >= 15 is 0 Å². The summed E-state index contributed by atoms with van der Waals surface area (Å²) in [6.07, 6.45) is 5.69. The van der Waals surface area contributed by atoms with Gasteiger partial charge in [-0.25, -0.2) is 12.7 Å². The minimum atomic E-state index is -3.08. The molecule has 0 radical (unpaired) electrons. The maximum absolute atomic E-state index is 12.3. The predicted octanol–water partition coefficient (Wildman–Crippen LogP) is 3.28. The molecule has 1 aromatic rings. The van der Waals surface area contributed by atoms with Crippen molar-refractivity contribution in [2.45, 2.75) is 57.7 Å². The van der Waals surface area contributed by atoms with Gasteiger partial charge in [0.05, 0.1) is 5.25 Å². The molecule has 1 aromatic carbocycles. The van der Waals surface area contributed by atoms with E-state index in [4.69, 9.17) is 0 Å². The van der Waals surface area contributed by atoms with E-state index < -0.39 is 10.0 Å². The van der Waals surface area contributed by atoms with Gasteiger partial charge < -0.3 is 0 Å². The Morgan fingerprint density at radius 1 is 0.960 bits per heavy atom. The van der Waals surface area contributed by atoms with Crippen molar-refractivity contribution in [2.24, 2.45) is 5.92 Å². The molecule has 0 aliphatic carbocycles. The summed E-state index contributed by atoms with van der Waals surface area (Å²) in [5, 5.41) is -0.313. The van der Waals surface area contributed by atoms with Gasteiger partial charge in [0, 0.05) is 19.6 Å². The number of hydrogen-bond acceptors (Lipinski definition) is 3. The van der Waals surface area contributed by atoms with Gasteiger partial charge in [-0.3, -0.25) is 4.90 Å². The van der Waals surface area contributed by atoms with E-state index in [1.807, 2.05) is 0 Å². The van der Waals surface area contributed by atoms with Crippen LogP contribution in [-0.4, -0.2) is 49.1 Å². The van der Waals surface area contributed by atoms with Crippen molar-refractivity contribution < 1.29 is 8.42 Å². The van der Waals surface area contributed by atoms with Crippen LogP contribution >= 0.6 is 0 Å². The quantitative estimate of drug-likeness (QED) is 0.778. The molecule has 0 saturated carbocycles. The topological polar surface area (TPSA) is 40.6 Å². The summed E-state index contributed by atoms with van der Waals surface area (Å²) < 4.78 is 26.2. The first kappa shape index (κ1) is 18.9. The van der Waals surface area contributed by atoms with Gasteiger partial charge in [-0.1, -0.05) is 24.3 Å². The van der Waals surface area contributed by atoms with Crippen molar-refractivity contribution >= 4 is 10.0 Å². The number of nitrogens with zero attached hydrogens (tertiary/aromatic N) is 2. The Morgan fingerprint density at radius 2 is 1.52 bits per heavy atom. The number of rotatable bonds is 6. The molecule has 0 aromatic heterocycles. The summed E-state index contributed by atoms with van der Waals surface area (Å²) in [7, 11) is -3.08. The highest BCUT2D eigenvalue weighted by Crippen LogP contribution is 2.25. The summed E-state index contributed by atoms with van der Waals surface area (Å²) in [6, 6.07) is 9.07. The van der Waals surface area contributed by atoms with Gasteiger partial charge in [0.2, 0.25) is 10.0 Å². The third-order valence-corrected chi connectivity index (χ3v) is 7.96. The summed E-state index contributed by atoms with van der Waals surface area (Å²) >= 11 is 0. The molecule has 140 valence electrons.